The zero-order valence-corrected chi connectivity index (χ0v) is 10.2. The summed E-state index contributed by atoms with van der Waals surface area (Å²) in [5.74, 6) is 0. The highest BCUT2D eigenvalue weighted by Crippen LogP contribution is 2.14. The first kappa shape index (κ1) is 11.7. The van der Waals surface area contributed by atoms with Crippen LogP contribution < -0.4 is 5.32 Å². The quantitative estimate of drug-likeness (QED) is 0.840. The van der Waals surface area contributed by atoms with Crippen LogP contribution in [0.4, 0.5) is 0 Å². The molecule has 0 aliphatic carbocycles. The number of aryl methyl sites for hydroxylation is 1. The standard InChI is InChI=1S/C12H17N5/c1-3-17-9-10(7-16-17)6-11(13-2)12-8-14-4-5-15-12/h4-5,7-9,11,13H,3,6H2,1-2H3. The number of nitrogens with one attached hydrogen (secondary N) is 1. The van der Waals surface area contributed by atoms with Crippen molar-refractivity contribution in [3.8, 4) is 0 Å². The third-order valence-corrected chi connectivity index (χ3v) is 2.74. The third-order valence-electron chi connectivity index (χ3n) is 2.74. The minimum Gasteiger partial charge on any atom is -0.311 e. The molecule has 17 heavy (non-hydrogen) atoms. The highest BCUT2D eigenvalue weighted by atomic mass is 15.3. The van der Waals surface area contributed by atoms with Crippen molar-refractivity contribution < 1.29 is 0 Å². The summed E-state index contributed by atoms with van der Waals surface area (Å²) in [6.45, 7) is 2.98. The van der Waals surface area contributed by atoms with E-state index in [1.807, 2.05) is 17.9 Å². The summed E-state index contributed by atoms with van der Waals surface area (Å²) in [7, 11) is 1.93. The van der Waals surface area contributed by atoms with Crippen molar-refractivity contribution in [2.45, 2.75) is 25.9 Å². The molecule has 0 aliphatic heterocycles. The van der Waals surface area contributed by atoms with Gasteiger partial charge in [-0.1, -0.05) is 0 Å². The molecular formula is C12H17N5. The molecule has 2 heterocycles. The van der Waals surface area contributed by atoms with Gasteiger partial charge in [0.2, 0.25) is 0 Å². The van der Waals surface area contributed by atoms with Crippen LogP contribution in [0.2, 0.25) is 0 Å². The van der Waals surface area contributed by atoms with Crippen LogP contribution in [0.1, 0.15) is 24.2 Å². The van der Waals surface area contributed by atoms with Gasteiger partial charge in [-0.25, -0.2) is 0 Å². The van der Waals surface area contributed by atoms with Gasteiger partial charge in [-0.2, -0.15) is 5.10 Å². The second-order valence-electron chi connectivity index (χ2n) is 3.88. The number of aromatic nitrogens is 4. The second kappa shape index (κ2) is 5.54. The van der Waals surface area contributed by atoms with Gasteiger partial charge in [0.15, 0.2) is 0 Å². The molecule has 0 aromatic carbocycles. The van der Waals surface area contributed by atoms with E-state index in [4.69, 9.17) is 0 Å². The van der Waals surface area contributed by atoms with E-state index in [0.717, 1.165) is 18.7 Å². The average Bonchev–Trinajstić information content (AvgIpc) is 2.84. The maximum absolute atomic E-state index is 4.32. The van der Waals surface area contributed by atoms with Gasteiger partial charge >= 0.3 is 0 Å². The smallest absolute Gasteiger partial charge is 0.0759 e. The largest absolute Gasteiger partial charge is 0.311 e. The van der Waals surface area contributed by atoms with Crippen LogP contribution in [0, 0.1) is 0 Å². The monoisotopic (exact) mass is 231 g/mol. The first-order valence-corrected chi connectivity index (χ1v) is 5.78. The van der Waals surface area contributed by atoms with Gasteiger partial charge in [-0.05, 0) is 26.0 Å². The molecule has 1 N–H and O–H groups in total. The molecule has 0 spiro atoms. The molecule has 5 nitrogen and oxygen atoms in total. The van der Waals surface area contributed by atoms with Crippen molar-refractivity contribution in [3.05, 3.63) is 42.2 Å². The molecule has 2 aromatic rings. The van der Waals surface area contributed by atoms with E-state index < -0.39 is 0 Å². The molecule has 1 unspecified atom stereocenters. The molecule has 5 heteroatoms. The van der Waals surface area contributed by atoms with Crippen molar-refractivity contribution in [2.24, 2.45) is 0 Å². The van der Waals surface area contributed by atoms with E-state index in [2.05, 4.69) is 33.5 Å². The Morgan fingerprint density at radius 1 is 1.35 bits per heavy atom. The Morgan fingerprint density at radius 2 is 2.24 bits per heavy atom. The van der Waals surface area contributed by atoms with E-state index in [0.29, 0.717) is 0 Å². The van der Waals surface area contributed by atoms with Crippen LogP contribution in [0.25, 0.3) is 0 Å². The molecule has 0 fully saturated rings. The molecule has 0 saturated heterocycles. The lowest BCUT2D eigenvalue weighted by molar-refractivity contribution is 0.572. The predicted molar refractivity (Wildman–Crippen MR) is 65.4 cm³/mol. The summed E-state index contributed by atoms with van der Waals surface area (Å²) in [6.07, 6.45) is 10.0. The van der Waals surface area contributed by atoms with Crippen LogP contribution in [0.3, 0.4) is 0 Å². The van der Waals surface area contributed by atoms with Crippen LogP contribution in [0.15, 0.2) is 31.0 Å². The number of hydrogen-bond donors (Lipinski definition) is 1. The van der Waals surface area contributed by atoms with Crippen LogP contribution in [0.5, 0.6) is 0 Å². The van der Waals surface area contributed by atoms with Crippen molar-refractivity contribution in [3.63, 3.8) is 0 Å². The maximum atomic E-state index is 4.32. The summed E-state index contributed by atoms with van der Waals surface area (Å²) in [4.78, 5) is 8.41. The lowest BCUT2D eigenvalue weighted by Gasteiger charge is -2.13. The number of likely N-dealkylation sites (N-methyl/N-ethyl adjacent to an activating group) is 1. The first-order valence-electron chi connectivity index (χ1n) is 5.78. The fourth-order valence-electron chi connectivity index (χ4n) is 1.77. The summed E-state index contributed by atoms with van der Waals surface area (Å²) in [6, 6.07) is 0.179. The number of nitrogens with zero attached hydrogens (tertiary/aromatic N) is 4. The molecular weight excluding hydrogens is 214 g/mol. The fraction of sp³-hybridized carbons (Fsp3) is 0.417. The van der Waals surface area contributed by atoms with E-state index in [-0.39, 0.29) is 6.04 Å². The lowest BCUT2D eigenvalue weighted by atomic mass is 10.1. The molecule has 2 aromatic heterocycles. The predicted octanol–water partition coefficient (Wildman–Crippen LogP) is 1.20. The van der Waals surface area contributed by atoms with Gasteiger partial charge < -0.3 is 5.32 Å². The Morgan fingerprint density at radius 3 is 2.82 bits per heavy atom. The average molecular weight is 231 g/mol. The maximum Gasteiger partial charge on any atom is 0.0759 e. The first-order chi connectivity index (χ1) is 8.33. The third kappa shape index (κ3) is 2.88. The van der Waals surface area contributed by atoms with Gasteiger partial charge in [-0.3, -0.25) is 14.6 Å². The van der Waals surface area contributed by atoms with Crippen molar-refractivity contribution >= 4 is 0 Å². The molecule has 0 aliphatic rings. The van der Waals surface area contributed by atoms with E-state index in [1.165, 1.54) is 5.56 Å². The summed E-state index contributed by atoms with van der Waals surface area (Å²) in [5, 5.41) is 7.52. The Labute approximate surface area is 101 Å². The Kier molecular flexibility index (Phi) is 3.82. The van der Waals surface area contributed by atoms with Gasteiger partial charge in [0.1, 0.15) is 0 Å². The van der Waals surface area contributed by atoms with Crippen molar-refractivity contribution in [1.29, 1.82) is 0 Å². The Balaban J connectivity index is 2.10. The van der Waals surface area contributed by atoms with E-state index in [1.54, 1.807) is 18.6 Å². The molecule has 0 amide bonds. The van der Waals surface area contributed by atoms with Gasteiger partial charge in [0.05, 0.1) is 17.9 Å². The Bertz CT molecular complexity index is 451. The van der Waals surface area contributed by atoms with Crippen LogP contribution in [-0.2, 0) is 13.0 Å². The van der Waals surface area contributed by atoms with Crippen LogP contribution in [-0.4, -0.2) is 26.8 Å². The molecule has 0 saturated carbocycles. The zero-order valence-electron chi connectivity index (χ0n) is 10.2. The topological polar surface area (TPSA) is 55.6 Å². The van der Waals surface area contributed by atoms with Gasteiger partial charge in [0.25, 0.3) is 0 Å². The van der Waals surface area contributed by atoms with E-state index >= 15 is 0 Å². The Hall–Kier alpha value is -1.75. The minimum absolute atomic E-state index is 0.179. The molecule has 0 bridgehead atoms. The van der Waals surface area contributed by atoms with Crippen molar-refractivity contribution in [1.82, 2.24) is 25.1 Å². The summed E-state index contributed by atoms with van der Waals surface area (Å²) >= 11 is 0. The molecule has 2 rings (SSSR count). The second-order valence-corrected chi connectivity index (χ2v) is 3.88. The number of hydrogen-bond acceptors (Lipinski definition) is 4. The minimum atomic E-state index is 0.179. The number of rotatable bonds is 5. The zero-order chi connectivity index (χ0) is 12.1. The van der Waals surface area contributed by atoms with Crippen molar-refractivity contribution in [2.75, 3.05) is 7.05 Å². The van der Waals surface area contributed by atoms with Gasteiger partial charge in [-0.15, -0.1) is 0 Å². The normalized spacial score (nSPS) is 12.6. The highest BCUT2D eigenvalue weighted by molar-refractivity contribution is 5.12. The molecule has 0 radical (unpaired) electrons. The SMILES string of the molecule is CCn1cc(CC(NC)c2cnccn2)cn1. The lowest BCUT2D eigenvalue weighted by Crippen LogP contribution is -2.20. The molecule has 90 valence electrons. The summed E-state index contributed by atoms with van der Waals surface area (Å²) in [5.41, 5.74) is 2.16. The highest BCUT2D eigenvalue weighted by Gasteiger charge is 2.12. The molecule has 1 atom stereocenters. The van der Waals surface area contributed by atoms with Gasteiger partial charge in [0, 0.05) is 31.3 Å². The summed E-state index contributed by atoms with van der Waals surface area (Å²) < 4.78 is 1.93. The van der Waals surface area contributed by atoms with Crippen LogP contribution >= 0.6 is 0 Å². The fourth-order valence-corrected chi connectivity index (χ4v) is 1.77. The van der Waals surface area contributed by atoms with E-state index in [9.17, 15) is 0 Å².